The van der Waals surface area contributed by atoms with Crippen LogP contribution in [0.2, 0.25) is 0 Å². The maximum atomic E-state index is 11.3. The van der Waals surface area contributed by atoms with Crippen LogP contribution >= 0.6 is 0 Å². The zero-order valence-electron chi connectivity index (χ0n) is 8.16. The van der Waals surface area contributed by atoms with Gasteiger partial charge in [0.05, 0.1) is 18.8 Å². The molecule has 0 spiro atoms. The van der Waals surface area contributed by atoms with Crippen molar-refractivity contribution >= 4 is 10.0 Å². The Balaban J connectivity index is 2.42. The molecule has 7 nitrogen and oxygen atoms in total. The molecule has 1 heterocycles. The summed E-state index contributed by atoms with van der Waals surface area (Å²) in [6, 6.07) is 1.66. The molecule has 0 saturated heterocycles. The molecule has 82 valence electrons. The van der Waals surface area contributed by atoms with Gasteiger partial charge in [-0.25, -0.2) is 13.1 Å². The van der Waals surface area contributed by atoms with Crippen molar-refractivity contribution in [1.29, 1.82) is 5.26 Å². The lowest BCUT2D eigenvalue weighted by atomic mass is 10.5. The normalized spacial score (nSPS) is 13.3. The van der Waals surface area contributed by atoms with Crippen LogP contribution in [0.15, 0.2) is 12.4 Å². The fraction of sp³-hybridized carbons (Fsp3) is 0.571. The maximum Gasteiger partial charge on any atom is 0.227 e. The third kappa shape index (κ3) is 3.30. The number of sulfonamides is 1. The molecule has 0 fully saturated rings. The van der Waals surface area contributed by atoms with Crippen molar-refractivity contribution in [3.63, 3.8) is 0 Å². The van der Waals surface area contributed by atoms with E-state index in [1.807, 2.05) is 0 Å². The molecular formula is C7H11N5O2S. The van der Waals surface area contributed by atoms with Gasteiger partial charge in [-0.15, -0.1) is 5.10 Å². The van der Waals surface area contributed by atoms with Crippen molar-refractivity contribution < 1.29 is 8.42 Å². The highest BCUT2D eigenvalue weighted by atomic mass is 32.2. The molecule has 0 bridgehead atoms. The fourth-order valence-corrected chi connectivity index (χ4v) is 1.61. The first-order valence-corrected chi connectivity index (χ1v) is 5.83. The molecule has 0 radical (unpaired) electrons. The van der Waals surface area contributed by atoms with Crippen LogP contribution in [0.5, 0.6) is 0 Å². The number of hydrogen-bond acceptors (Lipinski definition) is 5. The van der Waals surface area contributed by atoms with Crippen molar-refractivity contribution in [3.8, 4) is 6.07 Å². The molecule has 0 aliphatic heterocycles. The van der Waals surface area contributed by atoms with E-state index in [0.29, 0.717) is 6.54 Å². The lowest BCUT2D eigenvalue weighted by Crippen LogP contribution is -2.34. The average molecular weight is 229 g/mol. The minimum absolute atomic E-state index is 0.192. The van der Waals surface area contributed by atoms with E-state index in [2.05, 4.69) is 15.0 Å². The van der Waals surface area contributed by atoms with Crippen molar-refractivity contribution in [2.75, 3.05) is 6.54 Å². The summed E-state index contributed by atoms with van der Waals surface area (Å²) in [4.78, 5) is 0. The van der Waals surface area contributed by atoms with Crippen molar-refractivity contribution in [2.24, 2.45) is 0 Å². The standard InChI is InChI=1S/C7H11N5O2S/c1-7(6-8)15(13,14)10-3-5-12-4-2-9-11-12/h2,4,7,10H,3,5H2,1H3. The van der Waals surface area contributed by atoms with E-state index in [-0.39, 0.29) is 6.54 Å². The van der Waals surface area contributed by atoms with Gasteiger partial charge < -0.3 is 0 Å². The van der Waals surface area contributed by atoms with Crippen LogP contribution in [0.25, 0.3) is 0 Å². The number of aromatic nitrogens is 3. The minimum atomic E-state index is -3.54. The third-order valence-corrected chi connectivity index (χ3v) is 3.41. The SMILES string of the molecule is CC(C#N)S(=O)(=O)NCCn1ccnn1. The smallest absolute Gasteiger partial charge is 0.227 e. The first kappa shape index (κ1) is 11.6. The maximum absolute atomic E-state index is 11.3. The van der Waals surface area contributed by atoms with Gasteiger partial charge in [0.25, 0.3) is 0 Å². The Labute approximate surface area is 87.8 Å². The number of nitriles is 1. The first-order valence-electron chi connectivity index (χ1n) is 4.28. The van der Waals surface area contributed by atoms with Crippen LogP contribution < -0.4 is 4.72 Å². The van der Waals surface area contributed by atoms with Gasteiger partial charge in [-0.3, -0.25) is 4.68 Å². The molecule has 0 saturated carbocycles. The molecule has 0 aliphatic carbocycles. The lowest BCUT2D eigenvalue weighted by Gasteiger charge is -2.07. The van der Waals surface area contributed by atoms with Crippen LogP contribution in [0.3, 0.4) is 0 Å². The van der Waals surface area contributed by atoms with Gasteiger partial charge in [-0.05, 0) is 6.92 Å². The Bertz CT molecular complexity index is 432. The molecule has 8 heteroatoms. The largest absolute Gasteiger partial charge is 0.251 e. The number of rotatable bonds is 5. The minimum Gasteiger partial charge on any atom is -0.251 e. The summed E-state index contributed by atoms with van der Waals surface area (Å²) in [5, 5.41) is 14.6. The van der Waals surface area contributed by atoms with Crippen molar-refractivity contribution in [3.05, 3.63) is 12.4 Å². The van der Waals surface area contributed by atoms with Crippen LogP contribution in [-0.2, 0) is 16.6 Å². The Morgan fingerprint density at radius 1 is 1.67 bits per heavy atom. The zero-order chi connectivity index (χ0) is 11.3. The molecule has 1 aromatic rings. The molecule has 15 heavy (non-hydrogen) atoms. The Kier molecular flexibility index (Phi) is 3.76. The van der Waals surface area contributed by atoms with E-state index < -0.39 is 15.3 Å². The van der Waals surface area contributed by atoms with Gasteiger partial charge in [0, 0.05) is 12.7 Å². The van der Waals surface area contributed by atoms with Gasteiger partial charge in [-0.2, -0.15) is 5.26 Å². The summed E-state index contributed by atoms with van der Waals surface area (Å²) < 4.78 is 26.4. The summed E-state index contributed by atoms with van der Waals surface area (Å²) in [6.45, 7) is 1.91. The van der Waals surface area contributed by atoms with Gasteiger partial charge >= 0.3 is 0 Å². The molecule has 1 rings (SSSR count). The van der Waals surface area contributed by atoms with Crippen LogP contribution in [0.1, 0.15) is 6.92 Å². The van der Waals surface area contributed by atoms with Gasteiger partial charge in [0.2, 0.25) is 10.0 Å². The van der Waals surface area contributed by atoms with E-state index in [1.54, 1.807) is 12.3 Å². The second-order valence-electron chi connectivity index (χ2n) is 2.88. The van der Waals surface area contributed by atoms with Gasteiger partial charge in [0.1, 0.15) is 0 Å². The Hall–Kier alpha value is -1.46. The topological polar surface area (TPSA) is 101 Å². The molecule has 1 N–H and O–H groups in total. The summed E-state index contributed by atoms with van der Waals surface area (Å²) in [6.07, 6.45) is 3.13. The summed E-state index contributed by atoms with van der Waals surface area (Å²) in [5.41, 5.74) is 0. The number of nitrogens with zero attached hydrogens (tertiary/aromatic N) is 4. The predicted octanol–water partition coefficient (Wildman–Crippen LogP) is -0.890. The fourth-order valence-electron chi connectivity index (χ4n) is 0.849. The Morgan fingerprint density at radius 2 is 2.40 bits per heavy atom. The van der Waals surface area contributed by atoms with E-state index >= 15 is 0 Å². The summed E-state index contributed by atoms with van der Waals surface area (Å²) >= 11 is 0. The quantitative estimate of drug-likeness (QED) is 0.705. The van der Waals surface area contributed by atoms with Crippen LogP contribution in [0.4, 0.5) is 0 Å². The van der Waals surface area contributed by atoms with E-state index in [0.717, 1.165) is 0 Å². The number of hydrogen-bond donors (Lipinski definition) is 1. The van der Waals surface area contributed by atoms with Crippen LogP contribution in [-0.4, -0.2) is 35.2 Å². The van der Waals surface area contributed by atoms with Crippen LogP contribution in [0, 0.1) is 11.3 Å². The second-order valence-corrected chi connectivity index (χ2v) is 4.96. The highest BCUT2D eigenvalue weighted by molar-refractivity contribution is 7.90. The van der Waals surface area contributed by atoms with E-state index in [4.69, 9.17) is 5.26 Å². The summed E-state index contributed by atoms with van der Waals surface area (Å²) in [7, 11) is -3.54. The zero-order valence-corrected chi connectivity index (χ0v) is 8.98. The molecular weight excluding hydrogens is 218 g/mol. The molecule has 0 aromatic carbocycles. The summed E-state index contributed by atoms with van der Waals surface area (Å²) in [5.74, 6) is 0. The lowest BCUT2D eigenvalue weighted by molar-refractivity contribution is 0.550. The van der Waals surface area contributed by atoms with E-state index in [1.165, 1.54) is 17.8 Å². The molecule has 1 unspecified atom stereocenters. The monoisotopic (exact) mass is 229 g/mol. The van der Waals surface area contributed by atoms with Crippen molar-refractivity contribution in [1.82, 2.24) is 19.7 Å². The Morgan fingerprint density at radius 3 is 2.93 bits per heavy atom. The van der Waals surface area contributed by atoms with Gasteiger partial charge in [0.15, 0.2) is 5.25 Å². The molecule has 1 aromatic heterocycles. The van der Waals surface area contributed by atoms with Gasteiger partial charge in [-0.1, -0.05) is 5.21 Å². The molecule has 1 atom stereocenters. The number of nitrogens with one attached hydrogen (secondary N) is 1. The first-order chi connectivity index (χ1) is 7.06. The average Bonchev–Trinajstić information content (AvgIpc) is 2.69. The van der Waals surface area contributed by atoms with Crippen molar-refractivity contribution in [2.45, 2.75) is 18.7 Å². The predicted molar refractivity (Wildman–Crippen MR) is 52.0 cm³/mol. The second kappa shape index (κ2) is 4.86. The van der Waals surface area contributed by atoms with E-state index in [9.17, 15) is 8.42 Å². The molecule has 0 amide bonds. The third-order valence-electron chi connectivity index (χ3n) is 1.76. The highest BCUT2D eigenvalue weighted by Crippen LogP contribution is 1.95. The highest BCUT2D eigenvalue weighted by Gasteiger charge is 2.18. The molecule has 0 aliphatic rings.